The number of hydrogen-bond donors (Lipinski definition) is 0. The summed E-state index contributed by atoms with van der Waals surface area (Å²) in [6, 6.07) is 12.8. The van der Waals surface area contributed by atoms with Crippen molar-refractivity contribution in [3.8, 4) is 11.5 Å². The van der Waals surface area contributed by atoms with Crippen LogP contribution in [0.1, 0.15) is 46.0 Å². The van der Waals surface area contributed by atoms with Crippen molar-refractivity contribution in [1.82, 2.24) is 9.56 Å². The van der Waals surface area contributed by atoms with Gasteiger partial charge in [0.05, 0.1) is 6.07 Å². The zero-order valence-electron chi connectivity index (χ0n) is 16.6. The van der Waals surface area contributed by atoms with Gasteiger partial charge in [-0.1, -0.05) is 13.8 Å². The van der Waals surface area contributed by atoms with E-state index in [1.54, 1.807) is 0 Å². The van der Waals surface area contributed by atoms with Gasteiger partial charge in [0, 0.05) is 43.8 Å². The number of hydrogen-bond acceptors (Lipinski definition) is 3. The van der Waals surface area contributed by atoms with Crippen molar-refractivity contribution in [2.45, 2.75) is 46.0 Å². The van der Waals surface area contributed by atoms with Gasteiger partial charge in [0.25, 0.3) is 0 Å². The SMILES string of the molecule is CCCN(CCC)c1ccc2nc3ccc(=[N+]4CCCCC4)cc-3oc2c1. The molecule has 4 rings (SSSR count). The van der Waals surface area contributed by atoms with Crippen LogP contribution in [0.5, 0.6) is 0 Å². The lowest BCUT2D eigenvalue weighted by Gasteiger charge is -2.23. The fourth-order valence-electron chi connectivity index (χ4n) is 4.06. The third-order valence-corrected chi connectivity index (χ3v) is 5.42. The van der Waals surface area contributed by atoms with E-state index in [9.17, 15) is 0 Å². The molecule has 0 bridgehead atoms. The highest BCUT2D eigenvalue weighted by Crippen LogP contribution is 2.27. The first-order chi connectivity index (χ1) is 13.3. The fraction of sp³-hybridized carbons (Fsp3) is 0.478. The van der Waals surface area contributed by atoms with Gasteiger partial charge in [-0.15, -0.1) is 0 Å². The maximum absolute atomic E-state index is 6.31. The molecule has 0 amide bonds. The summed E-state index contributed by atoms with van der Waals surface area (Å²) in [6.07, 6.45) is 6.18. The Kier molecular flexibility index (Phi) is 5.42. The number of nitrogens with zero attached hydrogens (tertiary/aromatic N) is 3. The molecule has 0 spiro atoms. The molecule has 1 aromatic carbocycles. The maximum Gasteiger partial charge on any atom is 0.203 e. The van der Waals surface area contributed by atoms with E-state index in [0.717, 1.165) is 61.6 Å². The topological polar surface area (TPSA) is 32.3 Å². The smallest absolute Gasteiger partial charge is 0.203 e. The van der Waals surface area contributed by atoms with Crippen LogP contribution in [0, 0.1) is 0 Å². The van der Waals surface area contributed by atoms with Crippen LogP contribution in [-0.2, 0) is 0 Å². The largest absolute Gasteiger partial charge is 0.452 e. The molecule has 0 radical (unpaired) electrons. The molecule has 1 aliphatic carbocycles. The lowest BCUT2D eigenvalue weighted by molar-refractivity contribution is 0.451. The van der Waals surface area contributed by atoms with E-state index in [2.05, 4.69) is 59.7 Å². The van der Waals surface area contributed by atoms with Crippen LogP contribution in [0.3, 0.4) is 0 Å². The van der Waals surface area contributed by atoms with Gasteiger partial charge in [0.1, 0.15) is 24.3 Å². The molecule has 0 aromatic heterocycles. The third kappa shape index (κ3) is 3.85. The Labute approximate surface area is 161 Å². The van der Waals surface area contributed by atoms with Crippen LogP contribution in [0.2, 0.25) is 0 Å². The monoisotopic (exact) mass is 364 g/mol. The molecule has 0 atom stereocenters. The van der Waals surface area contributed by atoms with Gasteiger partial charge in [0.2, 0.25) is 5.36 Å². The summed E-state index contributed by atoms with van der Waals surface area (Å²) in [5, 5.41) is 1.25. The van der Waals surface area contributed by atoms with E-state index in [-0.39, 0.29) is 0 Å². The number of benzene rings is 2. The van der Waals surface area contributed by atoms with E-state index in [1.165, 1.54) is 30.3 Å². The predicted molar refractivity (Wildman–Crippen MR) is 112 cm³/mol. The second kappa shape index (κ2) is 8.12. The van der Waals surface area contributed by atoms with Gasteiger partial charge in [-0.25, -0.2) is 9.56 Å². The third-order valence-electron chi connectivity index (χ3n) is 5.42. The van der Waals surface area contributed by atoms with E-state index < -0.39 is 0 Å². The number of piperidine rings is 1. The number of fused-ring (bicyclic) bond motifs is 2. The summed E-state index contributed by atoms with van der Waals surface area (Å²) < 4.78 is 8.77. The Morgan fingerprint density at radius 3 is 2.48 bits per heavy atom. The first-order valence-electron chi connectivity index (χ1n) is 10.5. The highest BCUT2D eigenvalue weighted by Gasteiger charge is 2.16. The zero-order chi connectivity index (χ0) is 18.6. The van der Waals surface area contributed by atoms with Crippen LogP contribution < -0.4 is 14.8 Å². The lowest BCUT2D eigenvalue weighted by atomic mass is 10.1. The molecule has 1 aromatic rings. The zero-order valence-corrected chi connectivity index (χ0v) is 16.6. The summed E-state index contributed by atoms with van der Waals surface area (Å²) in [4.78, 5) is 7.26. The van der Waals surface area contributed by atoms with Crippen molar-refractivity contribution in [2.75, 3.05) is 31.1 Å². The molecule has 0 N–H and O–H groups in total. The maximum atomic E-state index is 6.31. The number of rotatable bonds is 5. The number of anilines is 1. The molecule has 2 heterocycles. The quantitative estimate of drug-likeness (QED) is 0.493. The molecule has 27 heavy (non-hydrogen) atoms. The Bertz CT molecular complexity index is 945. The molecule has 2 aliphatic heterocycles. The lowest BCUT2D eigenvalue weighted by Crippen LogP contribution is -2.34. The summed E-state index contributed by atoms with van der Waals surface area (Å²) >= 11 is 0. The van der Waals surface area contributed by atoms with Crippen LogP contribution in [0.25, 0.3) is 22.6 Å². The van der Waals surface area contributed by atoms with Gasteiger partial charge in [-0.05, 0) is 37.5 Å². The molecule has 142 valence electrons. The second-order valence-electron chi connectivity index (χ2n) is 7.55. The van der Waals surface area contributed by atoms with Crippen molar-refractivity contribution in [3.63, 3.8) is 0 Å². The normalized spacial score (nSPS) is 14.8. The van der Waals surface area contributed by atoms with Gasteiger partial charge in [-0.2, -0.15) is 0 Å². The van der Waals surface area contributed by atoms with E-state index >= 15 is 0 Å². The van der Waals surface area contributed by atoms with E-state index in [4.69, 9.17) is 9.40 Å². The van der Waals surface area contributed by atoms with Gasteiger partial charge in [-0.3, -0.25) is 0 Å². The first kappa shape index (κ1) is 18.0. The summed E-state index contributed by atoms with van der Waals surface area (Å²) in [6.45, 7) is 8.87. The van der Waals surface area contributed by atoms with Crippen LogP contribution in [-0.4, -0.2) is 31.2 Å². The highest BCUT2D eigenvalue weighted by molar-refractivity contribution is 5.80. The average Bonchev–Trinajstić information content (AvgIpc) is 2.72. The minimum absolute atomic E-state index is 0.869. The highest BCUT2D eigenvalue weighted by atomic mass is 16.3. The first-order valence-corrected chi connectivity index (χ1v) is 10.5. The van der Waals surface area contributed by atoms with Crippen LogP contribution in [0.4, 0.5) is 5.69 Å². The van der Waals surface area contributed by atoms with E-state index in [1.807, 2.05) is 0 Å². The Balaban J connectivity index is 1.78. The molecule has 0 unspecified atom stereocenters. The molecule has 0 saturated carbocycles. The Morgan fingerprint density at radius 2 is 1.74 bits per heavy atom. The molecule has 4 heteroatoms. The number of aromatic nitrogens is 1. The van der Waals surface area contributed by atoms with Crippen molar-refractivity contribution in [3.05, 3.63) is 41.8 Å². The Morgan fingerprint density at radius 1 is 0.963 bits per heavy atom. The summed E-state index contributed by atoms with van der Waals surface area (Å²) in [5.74, 6) is 0.875. The molecular formula is C23H30N3O+. The molecule has 4 nitrogen and oxygen atoms in total. The minimum atomic E-state index is 0.869. The molecule has 1 fully saturated rings. The summed E-state index contributed by atoms with van der Waals surface area (Å²) in [5.41, 5.74) is 3.94. The Hall–Kier alpha value is -2.36. The van der Waals surface area contributed by atoms with E-state index in [0.29, 0.717) is 0 Å². The average molecular weight is 365 g/mol. The van der Waals surface area contributed by atoms with Crippen molar-refractivity contribution >= 4 is 16.8 Å². The second-order valence-corrected chi connectivity index (χ2v) is 7.55. The van der Waals surface area contributed by atoms with Gasteiger partial charge >= 0.3 is 0 Å². The van der Waals surface area contributed by atoms with Crippen LogP contribution >= 0.6 is 0 Å². The van der Waals surface area contributed by atoms with Crippen molar-refractivity contribution in [2.24, 2.45) is 0 Å². The summed E-state index contributed by atoms with van der Waals surface area (Å²) in [7, 11) is 0. The van der Waals surface area contributed by atoms with Gasteiger partial charge in [0.15, 0.2) is 11.3 Å². The molecule has 3 aliphatic rings. The fourth-order valence-corrected chi connectivity index (χ4v) is 4.06. The van der Waals surface area contributed by atoms with Crippen LogP contribution in [0.15, 0.2) is 40.8 Å². The predicted octanol–water partition coefficient (Wildman–Crippen LogP) is 4.52. The van der Waals surface area contributed by atoms with Crippen molar-refractivity contribution in [1.29, 1.82) is 0 Å². The van der Waals surface area contributed by atoms with Gasteiger partial charge < -0.3 is 9.32 Å². The standard InChI is InChI=1S/C23H30N3O/c1-3-12-25(13-4-2)18-8-10-20-22(16-18)27-23-17-19(9-11-21(23)24-20)26-14-6-5-7-15-26/h8-11,16-17H,3-7,12-15H2,1-2H3/q+1. The minimum Gasteiger partial charge on any atom is -0.452 e. The molecular weight excluding hydrogens is 334 g/mol. The van der Waals surface area contributed by atoms with Crippen molar-refractivity contribution < 1.29 is 4.42 Å². The molecule has 1 saturated heterocycles.